The van der Waals surface area contributed by atoms with Gasteiger partial charge in [0.15, 0.2) is 0 Å². The molecule has 0 fully saturated rings. The number of rotatable bonds is 4. The number of hydrogen-bond acceptors (Lipinski definition) is 5. The van der Waals surface area contributed by atoms with Gasteiger partial charge in [0, 0.05) is 6.42 Å². The largest absolute Gasteiger partial charge is 0.497 e. The Morgan fingerprint density at radius 3 is 2.32 bits per heavy atom. The maximum absolute atomic E-state index is 13.3. The Kier molecular flexibility index (Phi) is 5.11. The quantitative estimate of drug-likeness (QED) is 0.831. The number of nitrogens with zero attached hydrogens (tertiary/aromatic N) is 2. The lowest BCUT2D eigenvalue weighted by Crippen LogP contribution is -2.22. The fraction of sp³-hybridized carbons (Fsp3) is 0.278. The van der Waals surface area contributed by atoms with E-state index in [-0.39, 0.29) is 11.3 Å². The molecule has 0 spiro atoms. The lowest BCUT2D eigenvalue weighted by Gasteiger charge is -2.25. The molecule has 0 saturated heterocycles. The van der Waals surface area contributed by atoms with Gasteiger partial charge in [0.1, 0.15) is 11.5 Å². The smallest absolute Gasteiger partial charge is 0.431 e. The molecule has 3 rings (SSSR count). The van der Waals surface area contributed by atoms with E-state index in [2.05, 4.69) is 5.10 Å². The third-order valence-electron chi connectivity index (χ3n) is 4.50. The zero-order valence-corrected chi connectivity index (χ0v) is 15.9. The van der Waals surface area contributed by atoms with Crippen LogP contribution in [0.3, 0.4) is 0 Å². The van der Waals surface area contributed by atoms with Gasteiger partial charge in [-0.3, -0.25) is 5.01 Å². The van der Waals surface area contributed by atoms with Crippen LogP contribution < -0.4 is 14.9 Å². The molecule has 10 heteroatoms. The van der Waals surface area contributed by atoms with Crippen LogP contribution in [0.2, 0.25) is 0 Å². The van der Waals surface area contributed by atoms with E-state index in [1.54, 1.807) is 25.1 Å². The highest BCUT2D eigenvalue weighted by Gasteiger charge is 2.44. The molecular formula is C18H18F3N3O3S. The lowest BCUT2D eigenvalue weighted by atomic mass is 9.96. The molecule has 1 atom stereocenters. The summed E-state index contributed by atoms with van der Waals surface area (Å²) in [6.45, 7) is 1.78. The van der Waals surface area contributed by atoms with Crippen molar-refractivity contribution in [2.75, 3.05) is 12.1 Å². The summed E-state index contributed by atoms with van der Waals surface area (Å²) in [5, 5.41) is 10.1. The van der Waals surface area contributed by atoms with Crippen LogP contribution in [0.1, 0.15) is 23.6 Å². The Morgan fingerprint density at radius 1 is 1.18 bits per heavy atom. The van der Waals surface area contributed by atoms with Crippen molar-refractivity contribution in [2.24, 2.45) is 10.2 Å². The van der Waals surface area contributed by atoms with Gasteiger partial charge in [-0.15, -0.1) is 0 Å². The molecule has 0 radical (unpaired) electrons. The van der Waals surface area contributed by atoms with Gasteiger partial charge in [0.05, 0.1) is 23.7 Å². The predicted octanol–water partition coefficient (Wildman–Crippen LogP) is 3.52. The van der Waals surface area contributed by atoms with E-state index >= 15 is 0 Å². The highest BCUT2D eigenvalue weighted by atomic mass is 32.2. The third-order valence-corrected chi connectivity index (χ3v) is 5.43. The SMILES string of the molecule is COc1ccc(C2CC(C(F)(F)F)=NN2c2ccc(S(N)(=O)=O)cc2)c(C)c1. The summed E-state index contributed by atoms with van der Waals surface area (Å²) < 4.78 is 67.9. The molecule has 28 heavy (non-hydrogen) atoms. The first kappa shape index (κ1) is 20.2. The number of hydrogen-bond donors (Lipinski definition) is 1. The van der Waals surface area contributed by atoms with Crippen LogP contribution in [0, 0.1) is 6.92 Å². The van der Waals surface area contributed by atoms with Crippen LogP contribution >= 0.6 is 0 Å². The van der Waals surface area contributed by atoms with Gasteiger partial charge in [0.25, 0.3) is 0 Å². The summed E-state index contributed by atoms with van der Waals surface area (Å²) in [7, 11) is -2.40. The summed E-state index contributed by atoms with van der Waals surface area (Å²) in [6.07, 6.45) is -4.89. The van der Waals surface area contributed by atoms with Crippen LogP contribution in [-0.4, -0.2) is 27.4 Å². The molecule has 0 amide bonds. The molecule has 6 nitrogen and oxygen atoms in total. The van der Waals surface area contributed by atoms with Crippen LogP contribution in [0.25, 0.3) is 0 Å². The van der Waals surface area contributed by atoms with Crippen molar-refractivity contribution < 1.29 is 26.3 Å². The average Bonchev–Trinajstić information content (AvgIpc) is 3.06. The Balaban J connectivity index is 2.04. The first-order chi connectivity index (χ1) is 13.0. The molecule has 2 N–H and O–H groups in total. The molecule has 1 unspecified atom stereocenters. The zero-order chi connectivity index (χ0) is 20.7. The third kappa shape index (κ3) is 3.97. The Bertz CT molecular complexity index is 1020. The molecule has 0 aliphatic carbocycles. The van der Waals surface area contributed by atoms with Crippen molar-refractivity contribution in [3.8, 4) is 5.75 Å². The number of methoxy groups -OCH3 is 1. The highest BCUT2D eigenvalue weighted by molar-refractivity contribution is 7.89. The van der Waals surface area contributed by atoms with Gasteiger partial charge in [-0.25, -0.2) is 13.6 Å². The number of hydrazone groups is 1. The normalized spacial score (nSPS) is 17.6. The molecule has 2 aromatic carbocycles. The van der Waals surface area contributed by atoms with Crippen molar-refractivity contribution in [1.82, 2.24) is 0 Å². The number of halogens is 3. The minimum Gasteiger partial charge on any atom is -0.497 e. The van der Waals surface area contributed by atoms with E-state index < -0.39 is 28.0 Å². The fourth-order valence-corrected chi connectivity index (χ4v) is 3.62. The first-order valence-corrected chi connectivity index (χ1v) is 9.76. The average molecular weight is 413 g/mol. The number of aryl methyl sites for hydroxylation is 1. The molecule has 150 valence electrons. The Labute approximate surface area is 160 Å². The number of benzene rings is 2. The van der Waals surface area contributed by atoms with Crippen molar-refractivity contribution >= 4 is 21.4 Å². The number of alkyl halides is 3. The molecule has 0 bridgehead atoms. The van der Waals surface area contributed by atoms with Gasteiger partial charge in [-0.2, -0.15) is 18.3 Å². The van der Waals surface area contributed by atoms with Crippen molar-refractivity contribution in [3.05, 3.63) is 53.6 Å². The van der Waals surface area contributed by atoms with Crippen LogP contribution in [0.5, 0.6) is 5.75 Å². The topological polar surface area (TPSA) is 85.0 Å². The second kappa shape index (κ2) is 7.10. The number of primary sulfonamides is 1. The van der Waals surface area contributed by atoms with E-state index in [0.29, 0.717) is 17.0 Å². The fourth-order valence-electron chi connectivity index (χ4n) is 3.10. The van der Waals surface area contributed by atoms with E-state index in [4.69, 9.17) is 9.88 Å². The van der Waals surface area contributed by atoms with E-state index in [0.717, 1.165) is 5.56 Å². The summed E-state index contributed by atoms with van der Waals surface area (Å²) in [6, 6.07) is 9.68. The molecule has 0 saturated carbocycles. The number of sulfonamides is 1. The summed E-state index contributed by atoms with van der Waals surface area (Å²) >= 11 is 0. The Hall–Kier alpha value is -2.59. The minimum absolute atomic E-state index is 0.132. The zero-order valence-electron chi connectivity index (χ0n) is 15.1. The van der Waals surface area contributed by atoms with E-state index in [1.807, 2.05) is 0 Å². The van der Waals surface area contributed by atoms with Gasteiger partial charge in [-0.05, 0) is 54.4 Å². The number of nitrogens with two attached hydrogens (primary N) is 1. The van der Waals surface area contributed by atoms with Crippen molar-refractivity contribution in [2.45, 2.75) is 30.5 Å². The standard InChI is InChI=1S/C18H18F3N3O3S/c1-11-9-13(27-2)5-8-15(11)16-10-17(18(19,20)21)23-24(16)12-3-6-14(7-4-12)28(22,25)26/h3-9,16H,10H2,1-2H3,(H2,22,25,26). The van der Waals surface area contributed by atoms with Crippen molar-refractivity contribution in [3.63, 3.8) is 0 Å². The second-order valence-electron chi connectivity index (χ2n) is 6.37. The highest BCUT2D eigenvalue weighted by Crippen LogP contribution is 2.40. The maximum atomic E-state index is 13.3. The monoisotopic (exact) mass is 413 g/mol. The van der Waals surface area contributed by atoms with Gasteiger partial charge in [-0.1, -0.05) is 6.07 Å². The maximum Gasteiger partial charge on any atom is 0.431 e. The number of ether oxygens (including phenoxy) is 1. The number of anilines is 1. The van der Waals surface area contributed by atoms with Gasteiger partial charge < -0.3 is 4.74 Å². The molecule has 1 heterocycles. The second-order valence-corrected chi connectivity index (χ2v) is 7.93. The van der Waals surface area contributed by atoms with Crippen LogP contribution in [0.15, 0.2) is 52.5 Å². The van der Waals surface area contributed by atoms with Gasteiger partial charge in [0.2, 0.25) is 10.0 Å². The summed E-state index contributed by atoms with van der Waals surface area (Å²) in [5.41, 5.74) is 0.851. The predicted molar refractivity (Wildman–Crippen MR) is 98.9 cm³/mol. The molecule has 1 aliphatic heterocycles. The van der Waals surface area contributed by atoms with Crippen LogP contribution in [0.4, 0.5) is 18.9 Å². The molecular weight excluding hydrogens is 395 g/mol. The summed E-state index contributed by atoms with van der Waals surface area (Å²) in [5.74, 6) is 0.597. The van der Waals surface area contributed by atoms with Gasteiger partial charge >= 0.3 is 6.18 Å². The molecule has 2 aromatic rings. The molecule has 0 aromatic heterocycles. The van der Waals surface area contributed by atoms with Crippen molar-refractivity contribution in [1.29, 1.82) is 0 Å². The van der Waals surface area contributed by atoms with Crippen LogP contribution in [-0.2, 0) is 10.0 Å². The van der Waals surface area contributed by atoms with E-state index in [9.17, 15) is 21.6 Å². The summed E-state index contributed by atoms with van der Waals surface area (Å²) in [4.78, 5) is -0.132. The Morgan fingerprint density at radius 2 is 1.82 bits per heavy atom. The first-order valence-electron chi connectivity index (χ1n) is 8.22. The lowest BCUT2D eigenvalue weighted by molar-refractivity contribution is -0.0600. The van der Waals surface area contributed by atoms with E-state index in [1.165, 1.54) is 36.4 Å². The molecule has 1 aliphatic rings. The minimum atomic E-state index is -4.56.